The molecule has 126 valence electrons. The van der Waals surface area contributed by atoms with E-state index >= 15 is 0 Å². The summed E-state index contributed by atoms with van der Waals surface area (Å²) in [5.41, 5.74) is 1.17. The second-order valence-electron chi connectivity index (χ2n) is 5.92. The molecule has 0 radical (unpaired) electrons. The number of halogens is 1. The Balaban J connectivity index is 1.63. The smallest absolute Gasteiger partial charge is 0.273 e. The molecule has 1 amide bonds. The third kappa shape index (κ3) is 2.77. The summed E-state index contributed by atoms with van der Waals surface area (Å²) in [6.45, 7) is 2.98. The van der Waals surface area contributed by atoms with Gasteiger partial charge in [-0.05, 0) is 19.1 Å². The topological polar surface area (TPSA) is 63.9 Å². The van der Waals surface area contributed by atoms with Crippen LogP contribution in [0.2, 0.25) is 0 Å². The van der Waals surface area contributed by atoms with Gasteiger partial charge in [-0.3, -0.25) is 4.79 Å². The fourth-order valence-electron chi connectivity index (χ4n) is 3.00. The van der Waals surface area contributed by atoms with Crippen LogP contribution in [0.5, 0.6) is 0 Å². The SMILES string of the molecule is C[C@H]1c2nc(-c3ccccc3)nn2CCN1C(=O)c1ccc(F)cn1. The lowest BCUT2D eigenvalue weighted by atomic mass is 10.2. The van der Waals surface area contributed by atoms with Crippen molar-refractivity contribution in [3.63, 3.8) is 0 Å². The number of rotatable bonds is 2. The molecule has 0 N–H and O–H groups in total. The molecule has 1 atom stereocenters. The van der Waals surface area contributed by atoms with E-state index < -0.39 is 5.82 Å². The summed E-state index contributed by atoms with van der Waals surface area (Å²) < 4.78 is 14.9. The van der Waals surface area contributed by atoms with Crippen LogP contribution in [0.15, 0.2) is 48.7 Å². The summed E-state index contributed by atoms with van der Waals surface area (Å²) in [4.78, 5) is 22.9. The first-order valence-electron chi connectivity index (χ1n) is 8.06. The standard InChI is InChI=1S/C18H16FN5O/c1-12-17-21-16(13-5-3-2-4-6-13)22-24(17)10-9-23(12)18(25)15-8-7-14(19)11-20-15/h2-8,11-12H,9-10H2,1H3/t12-/m0/s1. The van der Waals surface area contributed by atoms with E-state index in [1.165, 1.54) is 12.1 Å². The van der Waals surface area contributed by atoms with Crippen molar-refractivity contribution in [3.05, 3.63) is 66.0 Å². The van der Waals surface area contributed by atoms with E-state index in [4.69, 9.17) is 0 Å². The number of carbonyl (C=O) groups excluding carboxylic acids is 1. The lowest BCUT2D eigenvalue weighted by molar-refractivity contribution is 0.0624. The van der Waals surface area contributed by atoms with E-state index in [1.54, 1.807) is 4.90 Å². The maximum atomic E-state index is 13.0. The highest BCUT2D eigenvalue weighted by Gasteiger charge is 2.31. The van der Waals surface area contributed by atoms with Crippen LogP contribution >= 0.6 is 0 Å². The Kier molecular flexibility index (Phi) is 3.76. The van der Waals surface area contributed by atoms with Crippen LogP contribution in [0.4, 0.5) is 4.39 Å². The molecule has 0 fully saturated rings. The van der Waals surface area contributed by atoms with Crippen molar-refractivity contribution in [2.24, 2.45) is 0 Å². The quantitative estimate of drug-likeness (QED) is 0.721. The van der Waals surface area contributed by atoms with Crippen LogP contribution in [-0.4, -0.2) is 37.1 Å². The first kappa shape index (κ1) is 15.4. The minimum absolute atomic E-state index is 0.226. The predicted molar refractivity (Wildman–Crippen MR) is 89.1 cm³/mol. The van der Waals surface area contributed by atoms with Gasteiger partial charge in [0.25, 0.3) is 5.91 Å². The summed E-state index contributed by atoms with van der Waals surface area (Å²) in [5, 5.41) is 4.55. The average molecular weight is 337 g/mol. The first-order valence-corrected chi connectivity index (χ1v) is 8.06. The van der Waals surface area contributed by atoms with E-state index in [1.807, 2.05) is 41.9 Å². The van der Waals surface area contributed by atoms with E-state index in [9.17, 15) is 9.18 Å². The van der Waals surface area contributed by atoms with Gasteiger partial charge >= 0.3 is 0 Å². The number of pyridine rings is 1. The van der Waals surface area contributed by atoms with Crippen LogP contribution in [-0.2, 0) is 6.54 Å². The van der Waals surface area contributed by atoms with Gasteiger partial charge in [-0.2, -0.15) is 5.10 Å². The molecule has 7 heteroatoms. The summed E-state index contributed by atoms with van der Waals surface area (Å²) in [6, 6.07) is 12.1. The van der Waals surface area contributed by atoms with Gasteiger partial charge in [0.05, 0.1) is 18.8 Å². The fourth-order valence-corrected chi connectivity index (χ4v) is 3.00. The third-order valence-corrected chi connectivity index (χ3v) is 4.33. The van der Waals surface area contributed by atoms with E-state index in [0.717, 1.165) is 17.6 Å². The number of fused-ring (bicyclic) bond motifs is 1. The van der Waals surface area contributed by atoms with Crippen molar-refractivity contribution in [2.45, 2.75) is 19.5 Å². The molecule has 0 unspecified atom stereocenters. The lowest BCUT2D eigenvalue weighted by Crippen LogP contribution is -2.41. The van der Waals surface area contributed by atoms with E-state index in [2.05, 4.69) is 15.1 Å². The minimum atomic E-state index is -0.463. The van der Waals surface area contributed by atoms with Crippen molar-refractivity contribution < 1.29 is 9.18 Å². The van der Waals surface area contributed by atoms with Crippen molar-refractivity contribution in [3.8, 4) is 11.4 Å². The van der Waals surface area contributed by atoms with E-state index in [-0.39, 0.29) is 17.6 Å². The van der Waals surface area contributed by atoms with E-state index in [0.29, 0.717) is 18.9 Å². The normalized spacial score (nSPS) is 16.6. The second-order valence-corrected chi connectivity index (χ2v) is 5.92. The van der Waals surface area contributed by atoms with Crippen LogP contribution < -0.4 is 0 Å². The molecule has 3 heterocycles. The zero-order chi connectivity index (χ0) is 17.4. The Morgan fingerprint density at radius 2 is 1.96 bits per heavy atom. The van der Waals surface area contributed by atoms with Crippen molar-refractivity contribution in [1.29, 1.82) is 0 Å². The van der Waals surface area contributed by atoms with Crippen molar-refractivity contribution in [1.82, 2.24) is 24.6 Å². The van der Waals surface area contributed by atoms with Gasteiger partial charge in [-0.15, -0.1) is 0 Å². The highest BCUT2D eigenvalue weighted by molar-refractivity contribution is 5.92. The highest BCUT2D eigenvalue weighted by atomic mass is 19.1. The molecule has 0 spiro atoms. The molecule has 4 rings (SSSR count). The number of carbonyl (C=O) groups is 1. The van der Waals surface area contributed by atoms with Crippen molar-refractivity contribution in [2.75, 3.05) is 6.54 Å². The summed E-state index contributed by atoms with van der Waals surface area (Å²) in [6.07, 6.45) is 1.05. The maximum Gasteiger partial charge on any atom is 0.273 e. The maximum absolute atomic E-state index is 13.0. The van der Waals surface area contributed by atoms with Gasteiger partial charge in [0.2, 0.25) is 0 Å². The van der Waals surface area contributed by atoms with Gasteiger partial charge in [0.1, 0.15) is 17.3 Å². The van der Waals surface area contributed by atoms with Crippen molar-refractivity contribution >= 4 is 5.91 Å². The minimum Gasteiger partial charge on any atom is -0.325 e. The fraction of sp³-hybridized carbons (Fsp3) is 0.222. The van der Waals surface area contributed by atoms with Gasteiger partial charge in [0, 0.05) is 12.1 Å². The Morgan fingerprint density at radius 1 is 1.16 bits per heavy atom. The number of benzene rings is 1. The molecule has 0 aliphatic carbocycles. The monoisotopic (exact) mass is 337 g/mol. The average Bonchev–Trinajstić information content (AvgIpc) is 3.08. The molecule has 6 nitrogen and oxygen atoms in total. The molecule has 0 saturated heterocycles. The molecule has 0 saturated carbocycles. The predicted octanol–water partition coefficient (Wildman–Crippen LogP) is 2.70. The molecule has 25 heavy (non-hydrogen) atoms. The molecule has 3 aromatic rings. The second kappa shape index (κ2) is 6.08. The summed E-state index contributed by atoms with van der Waals surface area (Å²) in [7, 11) is 0. The number of amides is 1. The zero-order valence-electron chi connectivity index (χ0n) is 13.6. The molecular weight excluding hydrogens is 321 g/mol. The van der Waals surface area contributed by atoms with Gasteiger partial charge in [-0.25, -0.2) is 19.0 Å². The number of hydrogen-bond acceptors (Lipinski definition) is 4. The Morgan fingerprint density at radius 3 is 2.68 bits per heavy atom. The van der Waals surface area contributed by atoms with Crippen LogP contribution in [0, 0.1) is 5.82 Å². The number of aromatic nitrogens is 4. The van der Waals surface area contributed by atoms with Crippen LogP contribution in [0.3, 0.4) is 0 Å². The first-order chi connectivity index (χ1) is 12.1. The molecule has 2 aromatic heterocycles. The van der Waals surface area contributed by atoms with Gasteiger partial charge in [0.15, 0.2) is 5.82 Å². The lowest BCUT2D eigenvalue weighted by Gasteiger charge is -2.32. The zero-order valence-corrected chi connectivity index (χ0v) is 13.6. The largest absolute Gasteiger partial charge is 0.325 e. The van der Waals surface area contributed by atoms with Gasteiger partial charge < -0.3 is 4.90 Å². The molecule has 1 aromatic carbocycles. The van der Waals surface area contributed by atoms with Gasteiger partial charge in [-0.1, -0.05) is 30.3 Å². The number of nitrogens with zero attached hydrogens (tertiary/aromatic N) is 5. The third-order valence-electron chi connectivity index (χ3n) is 4.33. The Bertz CT molecular complexity index is 907. The Labute approximate surface area is 143 Å². The van der Waals surface area contributed by atoms with Crippen LogP contribution in [0.1, 0.15) is 29.3 Å². The number of hydrogen-bond donors (Lipinski definition) is 0. The van der Waals surface area contributed by atoms with Crippen LogP contribution in [0.25, 0.3) is 11.4 Å². The molecule has 1 aliphatic heterocycles. The molecular formula is C18H16FN5O. The summed E-state index contributed by atoms with van der Waals surface area (Å²) >= 11 is 0. The molecule has 1 aliphatic rings. The summed E-state index contributed by atoms with van der Waals surface area (Å²) in [5.74, 6) is 0.690. The Hall–Kier alpha value is -3.09. The highest BCUT2D eigenvalue weighted by Crippen LogP contribution is 2.27. The molecule has 0 bridgehead atoms.